The normalized spacial score (nSPS) is 12.3. The first-order valence-corrected chi connectivity index (χ1v) is 8.11. The second kappa shape index (κ2) is 6.72. The van der Waals surface area contributed by atoms with Gasteiger partial charge >= 0.3 is 0 Å². The molecule has 0 aliphatic rings. The number of nitrogens with one attached hydrogen (secondary N) is 1. The fourth-order valence-corrected chi connectivity index (χ4v) is 2.59. The van der Waals surface area contributed by atoms with Gasteiger partial charge in [-0.2, -0.15) is 0 Å². The molecule has 3 aromatic rings. The number of fused-ring (bicyclic) bond motifs is 1. The van der Waals surface area contributed by atoms with E-state index >= 15 is 0 Å². The molecule has 2 aromatic heterocycles. The molecule has 0 saturated heterocycles. The molecule has 5 nitrogen and oxygen atoms in total. The van der Waals surface area contributed by atoms with Crippen LogP contribution in [0.25, 0.3) is 10.9 Å². The van der Waals surface area contributed by atoms with Crippen LogP contribution in [-0.2, 0) is 0 Å². The Morgan fingerprint density at radius 1 is 1.18 bits per heavy atom. The summed E-state index contributed by atoms with van der Waals surface area (Å²) in [7, 11) is 0. The zero-order chi connectivity index (χ0) is 15.4. The minimum atomic E-state index is -0.595. The molecule has 0 amide bonds. The average Bonchev–Trinajstić information content (AvgIpc) is 2.59. The number of benzene rings is 1. The van der Waals surface area contributed by atoms with E-state index in [4.69, 9.17) is 0 Å². The Balaban J connectivity index is 1.73. The monoisotopic (exact) mass is 312 g/mol. The molecule has 1 aromatic carbocycles. The average molecular weight is 312 g/mol. The summed E-state index contributed by atoms with van der Waals surface area (Å²) in [5, 5.41) is 14.4. The smallest absolute Gasteiger partial charge is 0.137 e. The van der Waals surface area contributed by atoms with Gasteiger partial charge in [-0.25, -0.2) is 9.97 Å². The highest BCUT2D eigenvalue weighted by Gasteiger charge is 2.09. The minimum Gasteiger partial charge on any atom is -0.387 e. The summed E-state index contributed by atoms with van der Waals surface area (Å²) in [6.07, 6.45) is 6.32. The number of aromatic nitrogens is 3. The number of hydrogen-bond acceptors (Lipinski definition) is 6. The molecule has 1 atom stereocenters. The van der Waals surface area contributed by atoms with Crippen molar-refractivity contribution in [3.8, 4) is 0 Å². The number of anilines is 1. The van der Waals surface area contributed by atoms with Crippen LogP contribution in [-0.4, -0.2) is 32.9 Å². The van der Waals surface area contributed by atoms with Gasteiger partial charge in [0.1, 0.15) is 12.1 Å². The van der Waals surface area contributed by atoms with Crippen LogP contribution in [0.15, 0.2) is 53.9 Å². The van der Waals surface area contributed by atoms with Crippen LogP contribution in [0.3, 0.4) is 0 Å². The van der Waals surface area contributed by atoms with Gasteiger partial charge in [0.15, 0.2) is 0 Å². The number of hydrogen-bond donors (Lipinski definition) is 2. The first-order chi connectivity index (χ1) is 10.8. The van der Waals surface area contributed by atoms with Crippen molar-refractivity contribution >= 4 is 28.5 Å². The van der Waals surface area contributed by atoms with E-state index in [-0.39, 0.29) is 0 Å². The van der Waals surface area contributed by atoms with Crippen molar-refractivity contribution in [2.75, 3.05) is 18.1 Å². The van der Waals surface area contributed by atoms with E-state index in [9.17, 15) is 5.11 Å². The Morgan fingerprint density at radius 3 is 2.77 bits per heavy atom. The van der Waals surface area contributed by atoms with Gasteiger partial charge in [-0.15, -0.1) is 11.8 Å². The van der Waals surface area contributed by atoms with Crippen molar-refractivity contribution in [2.45, 2.75) is 11.0 Å². The molecule has 112 valence electrons. The molecule has 2 heterocycles. The Kier molecular flexibility index (Phi) is 4.50. The fourth-order valence-electron chi connectivity index (χ4n) is 2.19. The molecule has 3 rings (SSSR count). The number of aliphatic hydroxyl groups excluding tert-OH is 1. The van der Waals surface area contributed by atoms with Crippen LogP contribution in [0.2, 0.25) is 0 Å². The fraction of sp³-hybridized carbons (Fsp3) is 0.188. The molecular weight excluding hydrogens is 296 g/mol. The first-order valence-electron chi connectivity index (χ1n) is 6.88. The molecule has 6 heteroatoms. The third-order valence-electron chi connectivity index (χ3n) is 3.40. The van der Waals surface area contributed by atoms with Crippen molar-refractivity contribution in [2.24, 2.45) is 0 Å². The highest BCUT2D eigenvalue weighted by atomic mass is 32.2. The van der Waals surface area contributed by atoms with Gasteiger partial charge in [-0.1, -0.05) is 12.1 Å². The Hall–Kier alpha value is -2.18. The highest BCUT2D eigenvalue weighted by Crippen LogP contribution is 2.21. The molecule has 0 saturated carbocycles. The van der Waals surface area contributed by atoms with E-state index < -0.39 is 6.10 Å². The number of rotatable bonds is 5. The maximum atomic E-state index is 10.3. The Labute approximate surface area is 132 Å². The van der Waals surface area contributed by atoms with Crippen molar-refractivity contribution in [3.63, 3.8) is 0 Å². The van der Waals surface area contributed by atoms with Crippen molar-refractivity contribution < 1.29 is 5.11 Å². The van der Waals surface area contributed by atoms with Gasteiger partial charge in [0.05, 0.1) is 17.8 Å². The number of aliphatic hydroxyl groups is 1. The Bertz CT molecular complexity index is 758. The molecule has 0 bridgehead atoms. The number of pyridine rings is 1. The third-order valence-corrected chi connectivity index (χ3v) is 4.15. The zero-order valence-electron chi connectivity index (χ0n) is 12.1. The maximum absolute atomic E-state index is 10.3. The Morgan fingerprint density at radius 2 is 2.00 bits per heavy atom. The standard InChI is InChI=1S/C16H16N4OS/c1-22-12-4-2-11(3-5-12)15(21)9-18-16-13-6-7-17-8-14(13)19-10-20-16/h2-8,10,15,21H,9H2,1H3,(H,18,19,20). The quantitative estimate of drug-likeness (QED) is 0.706. The summed E-state index contributed by atoms with van der Waals surface area (Å²) in [6, 6.07) is 9.77. The van der Waals surface area contributed by atoms with Gasteiger partial charge in [0.25, 0.3) is 0 Å². The predicted molar refractivity (Wildman–Crippen MR) is 89.0 cm³/mol. The second-order valence-electron chi connectivity index (χ2n) is 4.78. The molecule has 0 aliphatic carbocycles. The molecule has 0 fully saturated rings. The van der Waals surface area contributed by atoms with Gasteiger partial charge in [-0.05, 0) is 30.0 Å². The zero-order valence-corrected chi connectivity index (χ0v) is 12.9. The second-order valence-corrected chi connectivity index (χ2v) is 5.66. The van der Waals surface area contributed by atoms with Gasteiger partial charge < -0.3 is 10.4 Å². The van der Waals surface area contributed by atoms with Gasteiger partial charge in [0, 0.05) is 23.0 Å². The molecule has 0 spiro atoms. The SMILES string of the molecule is CSc1ccc(C(O)CNc2ncnc3cnccc23)cc1. The van der Waals surface area contributed by atoms with Crippen LogP contribution in [0.1, 0.15) is 11.7 Å². The summed E-state index contributed by atoms with van der Waals surface area (Å²) < 4.78 is 0. The summed E-state index contributed by atoms with van der Waals surface area (Å²) in [5.74, 6) is 0.701. The summed E-state index contributed by atoms with van der Waals surface area (Å²) in [4.78, 5) is 13.6. The lowest BCUT2D eigenvalue weighted by atomic mass is 10.1. The van der Waals surface area contributed by atoms with E-state index in [1.165, 1.54) is 11.2 Å². The summed E-state index contributed by atoms with van der Waals surface area (Å²) in [5.41, 5.74) is 1.66. The molecule has 1 unspecified atom stereocenters. The predicted octanol–water partition coefficient (Wildman–Crippen LogP) is 2.89. The number of nitrogens with zero attached hydrogens (tertiary/aromatic N) is 3. The lowest BCUT2D eigenvalue weighted by Gasteiger charge is -2.14. The van der Waals surface area contributed by atoms with E-state index in [0.717, 1.165) is 16.5 Å². The first kappa shape index (κ1) is 14.7. The van der Waals surface area contributed by atoms with Crippen molar-refractivity contribution in [1.82, 2.24) is 15.0 Å². The lowest BCUT2D eigenvalue weighted by molar-refractivity contribution is 0.191. The van der Waals surface area contributed by atoms with Crippen LogP contribution < -0.4 is 5.32 Å². The van der Waals surface area contributed by atoms with Gasteiger partial charge in [0.2, 0.25) is 0 Å². The minimum absolute atomic E-state index is 0.382. The van der Waals surface area contributed by atoms with Crippen LogP contribution >= 0.6 is 11.8 Å². The van der Waals surface area contributed by atoms with Gasteiger partial charge in [-0.3, -0.25) is 4.98 Å². The van der Waals surface area contributed by atoms with Crippen LogP contribution in [0, 0.1) is 0 Å². The molecular formula is C16H16N4OS. The topological polar surface area (TPSA) is 70.9 Å². The summed E-state index contributed by atoms with van der Waals surface area (Å²) >= 11 is 1.68. The highest BCUT2D eigenvalue weighted by molar-refractivity contribution is 7.98. The molecule has 2 N–H and O–H groups in total. The van der Waals surface area contributed by atoms with Crippen molar-refractivity contribution in [1.29, 1.82) is 0 Å². The third kappa shape index (κ3) is 3.18. The lowest BCUT2D eigenvalue weighted by Crippen LogP contribution is -2.13. The van der Waals surface area contributed by atoms with Crippen LogP contribution in [0.4, 0.5) is 5.82 Å². The molecule has 0 radical (unpaired) electrons. The summed E-state index contributed by atoms with van der Waals surface area (Å²) in [6.45, 7) is 0.382. The van der Waals surface area contributed by atoms with Crippen molar-refractivity contribution in [3.05, 3.63) is 54.6 Å². The molecule has 22 heavy (non-hydrogen) atoms. The molecule has 0 aliphatic heterocycles. The van der Waals surface area contributed by atoms with E-state index in [1.807, 2.05) is 36.6 Å². The van der Waals surface area contributed by atoms with E-state index in [1.54, 1.807) is 24.2 Å². The van der Waals surface area contributed by atoms with E-state index in [2.05, 4.69) is 20.3 Å². The maximum Gasteiger partial charge on any atom is 0.137 e. The van der Waals surface area contributed by atoms with E-state index in [0.29, 0.717) is 12.4 Å². The largest absolute Gasteiger partial charge is 0.387 e. The van der Waals surface area contributed by atoms with Crippen LogP contribution in [0.5, 0.6) is 0 Å². The number of thioether (sulfide) groups is 1.